The van der Waals surface area contributed by atoms with Gasteiger partial charge in [0, 0.05) is 17.0 Å². The molecule has 1 saturated heterocycles. The van der Waals surface area contributed by atoms with Gasteiger partial charge in [-0.2, -0.15) is 11.8 Å². The summed E-state index contributed by atoms with van der Waals surface area (Å²) >= 11 is 7.68. The van der Waals surface area contributed by atoms with Gasteiger partial charge < -0.3 is 5.32 Å². The van der Waals surface area contributed by atoms with Crippen molar-refractivity contribution in [1.82, 2.24) is 9.97 Å². The van der Waals surface area contributed by atoms with Crippen molar-refractivity contribution in [3.05, 3.63) is 17.4 Å². The largest absolute Gasteiger partial charge is 0.351 e. The van der Waals surface area contributed by atoms with Crippen LogP contribution < -0.4 is 5.32 Å². The van der Waals surface area contributed by atoms with E-state index in [1.54, 1.807) is 12.4 Å². The van der Waals surface area contributed by atoms with Crippen molar-refractivity contribution >= 4 is 29.3 Å². The molecule has 2 heterocycles. The van der Waals surface area contributed by atoms with E-state index in [9.17, 15) is 0 Å². The van der Waals surface area contributed by atoms with Gasteiger partial charge in [-0.1, -0.05) is 18.5 Å². The molecule has 1 fully saturated rings. The number of anilines is 1. The van der Waals surface area contributed by atoms with Crippen LogP contribution >= 0.6 is 23.4 Å². The molecule has 1 N–H and O–H groups in total. The molecule has 3 nitrogen and oxygen atoms in total. The lowest BCUT2D eigenvalue weighted by Crippen LogP contribution is -2.20. The summed E-state index contributed by atoms with van der Waals surface area (Å²) in [7, 11) is 0. The van der Waals surface area contributed by atoms with Gasteiger partial charge in [0.25, 0.3) is 0 Å². The zero-order chi connectivity index (χ0) is 9.97. The molecule has 0 aromatic carbocycles. The third kappa shape index (κ3) is 2.51. The monoisotopic (exact) mass is 229 g/mol. The van der Waals surface area contributed by atoms with E-state index in [1.807, 2.05) is 11.8 Å². The van der Waals surface area contributed by atoms with Crippen LogP contribution in [0.1, 0.15) is 13.3 Å². The number of nitrogens with one attached hydrogen (secondary N) is 1. The third-order valence-corrected chi connectivity index (χ3v) is 3.70. The molecule has 0 amide bonds. The first-order valence-corrected chi connectivity index (χ1v) is 6.02. The lowest BCUT2D eigenvalue weighted by atomic mass is 10.2. The molecule has 1 aromatic rings. The molecule has 0 saturated carbocycles. The Morgan fingerprint density at radius 1 is 1.50 bits per heavy atom. The van der Waals surface area contributed by atoms with E-state index in [0.717, 1.165) is 11.0 Å². The van der Waals surface area contributed by atoms with Crippen LogP contribution in [0.2, 0.25) is 5.02 Å². The molecule has 76 valence electrons. The van der Waals surface area contributed by atoms with E-state index in [4.69, 9.17) is 11.6 Å². The molecule has 2 atom stereocenters. The van der Waals surface area contributed by atoms with Crippen LogP contribution in [0.25, 0.3) is 0 Å². The number of halogens is 1. The van der Waals surface area contributed by atoms with Gasteiger partial charge in [0.15, 0.2) is 0 Å². The SMILES string of the molecule is CC1CC(Nc2ncc(Cl)cn2)CS1. The molecule has 5 heteroatoms. The van der Waals surface area contributed by atoms with Crippen molar-refractivity contribution in [3.63, 3.8) is 0 Å². The highest BCUT2D eigenvalue weighted by atomic mass is 35.5. The molecule has 0 bridgehead atoms. The van der Waals surface area contributed by atoms with Gasteiger partial charge in [0.05, 0.1) is 17.4 Å². The zero-order valence-electron chi connectivity index (χ0n) is 7.90. The van der Waals surface area contributed by atoms with E-state index in [0.29, 0.717) is 17.0 Å². The van der Waals surface area contributed by atoms with E-state index in [2.05, 4.69) is 22.2 Å². The number of nitrogens with zero attached hydrogens (tertiary/aromatic N) is 2. The molecule has 0 spiro atoms. The summed E-state index contributed by atoms with van der Waals surface area (Å²) in [6, 6.07) is 0.496. The number of rotatable bonds is 2. The molecular formula is C9H12ClN3S. The maximum absolute atomic E-state index is 5.69. The topological polar surface area (TPSA) is 37.8 Å². The van der Waals surface area contributed by atoms with Crippen molar-refractivity contribution in [3.8, 4) is 0 Å². The predicted molar refractivity (Wildman–Crippen MR) is 61.0 cm³/mol. The van der Waals surface area contributed by atoms with Gasteiger partial charge in [0.1, 0.15) is 0 Å². The highest BCUT2D eigenvalue weighted by Crippen LogP contribution is 2.27. The Morgan fingerprint density at radius 2 is 2.21 bits per heavy atom. The molecule has 14 heavy (non-hydrogen) atoms. The van der Waals surface area contributed by atoms with E-state index in [1.165, 1.54) is 6.42 Å². The maximum atomic E-state index is 5.69. The van der Waals surface area contributed by atoms with Crippen LogP contribution in [-0.2, 0) is 0 Å². The number of aromatic nitrogens is 2. The molecule has 0 aliphatic carbocycles. The summed E-state index contributed by atoms with van der Waals surface area (Å²) in [5.74, 6) is 1.81. The van der Waals surface area contributed by atoms with Gasteiger partial charge in [-0.15, -0.1) is 0 Å². The molecule has 1 aromatic heterocycles. The minimum Gasteiger partial charge on any atom is -0.351 e. The van der Waals surface area contributed by atoms with Crippen molar-refractivity contribution in [2.75, 3.05) is 11.1 Å². The fourth-order valence-electron chi connectivity index (χ4n) is 1.49. The Balaban J connectivity index is 1.94. The number of thioether (sulfide) groups is 1. The summed E-state index contributed by atoms with van der Waals surface area (Å²) < 4.78 is 0. The van der Waals surface area contributed by atoms with Crippen LogP contribution in [0.4, 0.5) is 5.95 Å². The summed E-state index contributed by atoms with van der Waals surface area (Å²) in [6.07, 6.45) is 4.40. The molecule has 0 radical (unpaired) electrons. The summed E-state index contributed by atoms with van der Waals surface area (Å²) in [5, 5.41) is 4.61. The summed E-state index contributed by atoms with van der Waals surface area (Å²) in [5.41, 5.74) is 0. The van der Waals surface area contributed by atoms with Crippen LogP contribution in [-0.4, -0.2) is 27.0 Å². The predicted octanol–water partition coefficient (Wildman–Crippen LogP) is 2.44. The van der Waals surface area contributed by atoms with Gasteiger partial charge in [0.2, 0.25) is 5.95 Å². The van der Waals surface area contributed by atoms with Crippen LogP contribution in [0, 0.1) is 0 Å². The lowest BCUT2D eigenvalue weighted by Gasteiger charge is -2.10. The van der Waals surface area contributed by atoms with Crippen molar-refractivity contribution < 1.29 is 0 Å². The smallest absolute Gasteiger partial charge is 0.222 e. The quantitative estimate of drug-likeness (QED) is 0.846. The van der Waals surface area contributed by atoms with Gasteiger partial charge >= 0.3 is 0 Å². The normalized spacial score (nSPS) is 26.4. The van der Waals surface area contributed by atoms with Crippen LogP contribution in [0.5, 0.6) is 0 Å². The Labute approximate surface area is 92.7 Å². The second-order valence-corrected chi connectivity index (χ2v) is 5.35. The third-order valence-electron chi connectivity index (χ3n) is 2.15. The maximum Gasteiger partial charge on any atom is 0.222 e. The van der Waals surface area contributed by atoms with Crippen molar-refractivity contribution in [1.29, 1.82) is 0 Å². The fourth-order valence-corrected chi connectivity index (χ4v) is 2.73. The Morgan fingerprint density at radius 3 is 2.79 bits per heavy atom. The van der Waals surface area contributed by atoms with Crippen LogP contribution in [0.15, 0.2) is 12.4 Å². The second-order valence-electron chi connectivity index (χ2n) is 3.45. The Bertz CT molecular complexity index is 303. The zero-order valence-corrected chi connectivity index (χ0v) is 9.48. The van der Waals surface area contributed by atoms with Gasteiger partial charge in [-0.3, -0.25) is 0 Å². The first kappa shape index (κ1) is 10.1. The fraction of sp³-hybridized carbons (Fsp3) is 0.556. The molecule has 1 aliphatic rings. The van der Waals surface area contributed by atoms with E-state index in [-0.39, 0.29) is 0 Å². The van der Waals surface area contributed by atoms with Gasteiger partial charge in [-0.25, -0.2) is 9.97 Å². The number of hydrogen-bond donors (Lipinski definition) is 1. The Kier molecular flexibility index (Phi) is 3.13. The average Bonchev–Trinajstić information content (AvgIpc) is 2.56. The summed E-state index contributed by atoms with van der Waals surface area (Å²) in [6.45, 7) is 2.25. The van der Waals surface area contributed by atoms with Crippen molar-refractivity contribution in [2.45, 2.75) is 24.6 Å². The molecular weight excluding hydrogens is 218 g/mol. The first-order valence-electron chi connectivity index (χ1n) is 4.60. The van der Waals surface area contributed by atoms with Crippen LogP contribution in [0.3, 0.4) is 0 Å². The highest BCUT2D eigenvalue weighted by molar-refractivity contribution is 8.00. The minimum atomic E-state index is 0.496. The van der Waals surface area contributed by atoms with E-state index < -0.39 is 0 Å². The highest BCUT2D eigenvalue weighted by Gasteiger charge is 2.21. The second kappa shape index (κ2) is 4.36. The molecule has 2 rings (SSSR count). The standard InChI is InChI=1S/C9H12ClN3S/c1-6-2-8(5-14-6)13-9-11-3-7(10)4-12-9/h3-4,6,8H,2,5H2,1H3,(H,11,12,13). The first-order chi connectivity index (χ1) is 6.74. The van der Waals surface area contributed by atoms with E-state index >= 15 is 0 Å². The van der Waals surface area contributed by atoms with Crippen molar-refractivity contribution in [2.24, 2.45) is 0 Å². The van der Waals surface area contributed by atoms with Gasteiger partial charge in [-0.05, 0) is 6.42 Å². The summed E-state index contributed by atoms with van der Waals surface area (Å²) in [4.78, 5) is 8.21. The molecule has 1 aliphatic heterocycles. The minimum absolute atomic E-state index is 0.496. The Hall–Kier alpha value is -0.480. The number of hydrogen-bond acceptors (Lipinski definition) is 4. The average molecular weight is 230 g/mol. The molecule has 2 unspecified atom stereocenters. The lowest BCUT2D eigenvalue weighted by molar-refractivity contribution is 0.738.